The van der Waals surface area contributed by atoms with Crippen molar-refractivity contribution in [3.63, 3.8) is 0 Å². The zero-order valence-corrected chi connectivity index (χ0v) is 10.2. The largest absolute Gasteiger partial charge is 0.385 e. The van der Waals surface area contributed by atoms with Crippen LogP contribution in [0.5, 0.6) is 0 Å². The van der Waals surface area contributed by atoms with E-state index >= 15 is 0 Å². The summed E-state index contributed by atoms with van der Waals surface area (Å²) >= 11 is 0. The number of fused-ring (bicyclic) bond motifs is 1. The molecular formula is C13H18N2O2. The van der Waals surface area contributed by atoms with E-state index in [0.717, 1.165) is 29.8 Å². The van der Waals surface area contributed by atoms with E-state index in [1.807, 2.05) is 25.1 Å². The molecule has 0 saturated carbocycles. The van der Waals surface area contributed by atoms with Crippen LogP contribution >= 0.6 is 0 Å². The van der Waals surface area contributed by atoms with Gasteiger partial charge in [-0.1, -0.05) is 6.07 Å². The number of nitrogens with one attached hydrogen (secondary N) is 2. The first-order valence-corrected chi connectivity index (χ1v) is 5.87. The molecule has 0 bridgehead atoms. The van der Waals surface area contributed by atoms with Gasteiger partial charge < -0.3 is 15.4 Å². The van der Waals surface area contributed by atoms with E-state index in [-0.39, 0.29) is 11.9 Å². The van der Waals surface area contributed by atoms with Gasteiger partial charge in [-0.15, -0.1) is 0 Å². The molecule has 1 heterocycles. The number of amides is 1. The van der Waals surface area contributed by atoms with Crippen molar-refractivity contribution in [1.82, 2.24) is 0 Å². The zero-order chi connectivity index (χ0) is 12.3. The molecule has 0 aliphatic carbocycles. The normalized spacial score (nSPS) is 18.2. The molecule has 1 aliphatic rings. The lowest BCUT2D eigenvalue weighted by Gasteiger charge is -2.27. The van der Waals surface area contributed by atoms with Crippen LogP contribution in [0.1, 0.15) is 18.4 Å². The summed E-state index contributed by atoms with van der Waals surface area (Å²) in [5, 5.41) is 6.20. The Bertz CT molecular complexity index is 418. The van der Waals surface area contributed by atoms with E-state index in [0.29, 0.717) is 6.61 Å². The molecule has 0 radical (unpaired) electrons. The van der Waals surface area contributed by atoms with Crippen LogP contribution in [-0.2, 0) is 9.53 Å². The summed E-state index contributed by atoms with van der Waals surface area (Å²) in [6.45, 7) is 2.70. The fourth-order valence-corrected chi connectivity index (χ4v) is 2.00. The van der Waals surface area contributed by atoms with Crippen molar-refractivity contribution in [3.05, 3.63) is 23.8 Å². The van der Waals surface area contributed by atoms with E-state index in [1.165, 1.54) is 0 Å². The van der Waals surface area contributed by atoms with E-state index in [1.54, 1.807) is 7.11 Å². The summed E-state index contributed by atoms with van der Waals surface area (Å²) in [5.74, 6) is 0.0409. The first-order valence-electron chi connectivity index (χ1n) is 5.87. The first kappa shape index (κ1) is 11.9. The minimum absolute atomic E-state index is 0.0409. The lowest BCUT2D eigenvalue weighted by atomic mass is 10.1. The molecule has 2 N–H and O–H groups in total. The van der Waals surface area contributed by atoms with Crippen LogP contribution in [0.4, 0.5) is 11.4 Å². The number of aryl methyl sites for hydroxylation is 1. The summed E-state index contributed by atoms with van der Waals surface area (Å²) in [4.78, 5) is 11.8. The second-order valence-corrected chi connectivity index (χ2v) is 4.37. The number of anilines is 2. The van der Waals surface area contributed by atoms with Gasteiger partial charge in [0.1, 0.15) is 6.04 Å². The molecule has 0 aromatic heterocycles. The van der Waals surface area contributed by atoms with E-state index in [9.17, 15) is 4.79 Å². The highest BCUT2D eigenvalue weighted by molar-refractivity contribution is 6.02. The monoisotopic (exact) mass is 234 g/mol. The number of ether oxygens (including phenoxy) is 1. The maximum Gasteiger partial charge on any atom is 0.246 e. The highest BCUT2D eigenvalue weighted by Crippen LogP contribution is 2.28. The minimum Gasteiger partial charge on any atom is -0.385 e. The molecule has 0 spiro atoms. The van der Waals surface area contributed by atoms with Crippen molar-refractivity contribution < 1.29 is 9.53 Å². The summed E-state index contributed by atoms with van der Waals surface area (Å²) in [6, 6.07) is 5.87. The minimum atomic E-state index is -0.152. The van der Waals surface area contributed by atoms with Gasteiger partial charge in [-0.25, -0.2) is 0 Å². The Labute approximate surface area is 101 Å². The highest BCUT2D eigenvalue weighted by atomic mass is 16.5. The molecule has 1 aromatic carbocycles. The van der Waals surface area contributed by atoms with Crippen molar-refractivity contribution in [2.45, 2.75) is 25.8 Å². The van der Waals surface area contributed by atoms with Crippen LogP contribution < -0.4 is 10.6 Å². The predicted molar refractivity (Wildman–Crippen MR) is 68.3 cm³/mol. The Kier molecular flexibility index (Phi) is 3.64. The van der Waals surface area contributed by atoms with Gasteiger partial charge in [-0.3, -0.25) is 4.79 Å². The van der Waals surface area contributed by atoms with Crippen molar-refractivity contribution in [2.75, 3.05) is 24.4 Å². The predicted octanol–water partition coefficient (Wildman–Crippen LogP) is 2.15. The maximum atomic E-state index is 11.8. The van der Waals surface area contributed by atoms with E-state index in [2.05, 4.69) is 10.6 Å². The van der Waals surface area contributed by atoms with Crippen LogP contribution in [0.15, 0.2) is 18.2 Å². The Morgan fingerprint density at radius 2 is 2.18 bits per heavy atom. The van der Waals surface area contributed by atoms with E-state index in [4.69, 9.17) is 4.74 Å². The third-order valence-corrected chi connectivity index (χ3v) is 2.92. The number of carbonyl (C=O) groups is 1. The average molecular weight is 234 g/mol. The zero-order valence-electron chi connectivity index (χ0n) is 10.2. The number of benzene rings is 1. The quantitative estimate of drug-likeness (QED) is 0.785. The van der Waals surface area contributed by atoms with Gasteiger partial charge in [0.05, 0.1) is 11.4 Å². The third-order valence-electron chi connectivity index (χ3n) is 2.92. The van der Waals surface area contributed by atoms with Crippen LogP contribution in [0.25, 0.3) is 0 Å². The molecule has 1 unspecified atom stereocenters. The van der Waals surface area contributed by atoms with Crippen molar-refractivity contribution in [2.24, 2.45) is 0 Å². The lowest BCUT2D eigenvalue weighted by molar-refractivity contribution is -0.117. The molecular weight excluding hydrogens is 216 g/mol. The molecule has 1 aliphatic heterocycles. The number of carbonyl (C=O) groups excluding carboxylic acids is 1. The topological polar surface area (TPSA) is 50.4 Å². The van der Waals surface area contributed by atoms with Gasteiger partial charge in [-0.2, -0.15) is 0 Å². The van der Waals surface area contributed by atoms with Gasteiger partial charge in [-0.05, 0) is 37.5 Å². The molecule has 0 saturated heterocycles. The van der Waals surface area contributed by atoms with Crippen LogP contribution in [-0.4, -0.2) is 25.7 Å². The summed E-state index contributed by atoms with van der Waals surface area (Å²) in [5.41, 5.74) is 3.01. The molecule has 4 nitrogen and oxygen atoms in total. The molecule has 2 rings (SSSR count). The summed E-state index contributed by atoms with van der Waals surface area (Å²) in [6.07, 6.45) is 1.66. The van der Waals surface area contributed by atoms with Gasteiger partial charge >= 0.3 is 0 Å². The van der Waals surface area contributed by atoms with Crippen molar-refractivity contribution >= 4 is 17.3 Å². The van der Waals surface area contributed by atoms with Gasteiger partial charge in [0.25, 0.3) is 0 Å². The second-order valence-electron chi connectivity index (χ2n) is 4.37. The number of hydrogen-bond donors (Lipinski definition) is 2. The highest BCUT2D eigenvalue weighted by Gasteiger charge is 2.24. The molecule has 1 amide bonds. The van der Waals surface area contributed by atoms with Crippen LogP contribution in [0.2, 0.25) is 0 Å². The van der Waals surface area contributed by atoms with E-state index < -0.39 is 0 Å². The summed E-state index contributed by atoms with van der Waals surface area (Å²) in [7, 11) is 1.67. The lowest BCUT2D eigenvalue weighted by Crippen LogP contribution is -2.38. The van der Waals surface area contributed by atoms with Crippen LogP contribution in [0, 0.1) is 6.92 Å². The Balaban J connectivity index is 2.05. The molecule has 0 fully saturated rings. The SMILES string of the molecule is COCCCC1Nc2ccc(C)cc2NC1=O. The maximum absolute atomic E-state index is 11.8. The van der Waals surface area contributed by atoms with Gasteiger partial charge in [0.2, 0.25) is 5.91 Å². The fraction of sp³-hybridized carbons (Fsp3) is 0.462. The number of methoxy groups -OCH3 is 1. The van der Waals surface area contributed by atoms with Crippen molar-refractivity contribution in [3.8, 4) is 0 Å². The van der Waals surface area contributed by atoms with Gasteiger partial charge in [0.15, 0.2) is 0 Å². The third kappa shape index (κ3) is 2.77. The van der Waals surface area contributed by atoms with Gasteiger partial charge in [0, 0.05) is 13.7 Å². The van der Waals surface area contributed by atoms with Crippen LogP contribution in [0.3, 0.4) is 0 Å². The summed E-state index contributed by atoms with van der Waals surface area (Å²) < 4.78 is 4.99. The second kappa shape index (κ2) is 5.19. The molecule has 1 atom stereocenters. The molecule has 1 aromatic rings. The Hall–Kier alpha value is -1.55. The standard InChI is InChI=1S/C13H18N2O2/c1-9-5-6-10-12(8-9)15-13(16)11(14-10)4-3-7-17-2/h5-6,8,11,14H,3-4,7H2,1-2H3,(H,15,16). The smallest absolute Gasteiger partial charge is 0.246 e. The number of rotatable bonds is 4. The number of hydrogen-bond acceptors (Lipinski definition) is 3. The Morgan fingerprint density at radius 3 is 2.94 bits per heavy atom. The van der Waals surface area contributed by atoms with Crippen molar-refractivity contribution in [1.29, 1.82) is 0 Å². The molecule has 17 heavy (non-hydrogen) atoms. The fourth-order valence-electron chi connectivity index (χ4n) is 2.00. The first-order chi connectivity index (χ1) is 8.20. The Morgan fingerprint density at radius 1 is 1.35 bits per heavy atom. The average Bonchev–Trinajstić information content (AvgIpc) is 2.30. The molecule has 92 valence electrons. The molecule has 4 heteroatoms.